The molecule has 128 valence electrons. The fourth-order valence-corrected chi connectivity index (χ4v) is 2.57. The van der Waals surface area contributed by atoms with Gasteiger partial charge < -0.3 is 15.0 Å². The monoisotopic (exact) mass is 346 g/mol. The fourth-order valence-electron chi connectivity index (χ4n) is 2.38. The summed E-state index contributed by atoms with van der Waals surface area (Å²) in [5.74, 6) is 0.508. The lowest BCUT2D eigenvalue weighted by molar-refractivity contribution is -0.116. The third kappa shape index (κ3) is 5.17. The first-order valence-electron chi connectivity index (χ1n) is 8.16. The van der Waals surface area contributed by atoms with Crippen LogP contribution >= 0.6 is 11.6 Å². The van der Waals surface area contributed by atoms with Gasteiger partial charge in [-0.05, 0) is 50.2 Å². The Labute approximate surface area is 148 Å². The van der Waals surface area contributed by atoms with Crippen molar-refractivity contribution in [3.63, 3.8) is 0 Å². The van der Waals surface area contributed by atoms with Gasteiger partial charge in [0.2, 0.25) is 5.91 Å². The molecule has 0 aliphatic carbocycles. The number of nitrogens with zero attached hydrogens (tertiary/aromatic N) is 1. The first-order chi connectivity index (χ1) is 11.6. The molecule has 2 aromatic rings. The number of halogens is 1. The number of benzene rings is 2. The topological polar surface area (TPSA) is 41.6 Å². The molecule has 0 saturated heterocycles. The van der Waals surface area contributed by atoms with E-state index in [1.54, 1.807) is 12.1 Å². The second-order valence-corrected chi connectivity index (χ2v) is 5.70. The Bertz CT molecular complexity index is 655. The number of hydrogen-bond acceptors (Lipinski definition) is 3. The lowest BCUT2D eigenvalue weighted by Crippen LogP contribution is -2.21. The van der Waals surface area contributed by atoms with Crippen LogP contribution in [0.1, 0.15) is 20.3 Å². The van der Waals surface area contributed by atoms with Gasteiger partial charge in [-0.25, -0.2) is 0 Å². The smallest absolute Gasteiger partial charge is 0.227 e. The molecule has 0 spiro atoms. The first kappa shape index (κ1) is 18.1. The van der Waals surface area contributed by atoms with Crippen molar-refractivity contribution in [3.8, 4) is 5.75 Å². The second-order valence-electron chi connectivity index (χ2n) is 5.30. The van der Waals surface area contributed by atoms with Gasteiger partial charge in [-0.15, -0.1) is 0 Å². The van der Waals surface area contributed by atoms with Crippen molar-refractivity contribution in [1.82, 2.24) is 0 Å². The molecule has 0 heterocycles. The summed E-state index contributed by atoms with van der Waals surface area (Å²) in [5, 5.41) is 3.42. The predicted molar refractivity (Wildman–Crippen MR) is 100 cm³/mol. The Morgan fingerprint density at radius 2 is 1.75 bits per heavy atom. The molecule has 0 atom stereocenters. The third-order valence-corrected chi connectivity index (χ3v) is 4.02. The van der Waals surface area contributed by atoms with Crippen LogP contribution in [0.4, 0.5) is 11.4 Å². The molecule has 0 bridgehead atoms. The highest BCUT2D eigenvalue weighted by Crippen LogP contribution is 2.23. The van der Waals surface area contributed by atoms with Crippen LogP contribution in [0.3, 0.4) is 0 Å². The highest BCUT2D eigenvalue weighted by atomic mass is 35.5. The summed E-state index contributed by atoms with van der Waals surface area (Å²) >= 11 is 6.00. The molecule has 0 radical (unpaired) electrons. The molecule has 1 N–H and O–H groups in total. The molecule has 0 saturated carbocycles. The van der Waals surface area contributed by atoms with E-state index in [4.69, 9.17) is 16.3 Å². The average Bonchev–Trinajstić information content (AvgIpc) is 2.59. The number of amides is 1. The molecule has 0 aliphatic rings. The number of carbonyl (C=O) groups excluding carboxylic acids is 1. The van der Waals surface area contributed by atoms with Crippen molar-refractivity contribution in [1.29, 1.82) is 0 Å². The quantitative estimate of drug-likeness (QED) is 0.759. The summed E-state index contributed by atoms with van der Waals surface area (Å²) in [6.07, 6.45) is 0.267. The normalized spacial score (nSPS) is 10.3. The van der Waals surface area contributed by atoms with Crippen molar-refractivity contribution >= 4 is 28.9 Å². The van der Waals surface area contributed by atoms with Crippen molar-refractivity contribution < 1.29 is 9.53 Å². The minimum absolute atomic E-state index is 0.0855. The minimum atomic E-state index is -0.0855. The predicted octanol–water partition coefficient (Wildman–Crippen LogP) is 4.59. The van der Waals surface area contributed by atoms with Gasteiger partial charge in [-0.1, -0.05) is 23.7 Å². The number of rotatable bonds is 8. The van der Waals surface area contributed by atoms with E-state index in [0.29, 0.717) is 10.8 Å². The van der Waals surface area contributed by atoms with E-state index in [-0.39, 0.29) is 18.9 Å². The first-order valence-corrected chi connectivity index (χ1v) is 8.54. The van der Waals surface area contributed by atoms with E-state index in [2.05, 4.69) is 24.1 Å². The Hall–Kier alpha value is -2.20. The zero-order valence-corrected chi connectivity index (χ0v) is 14.8. The number of hydrogen-bond donors (Lipinski definition) is 1. The molecule has 0 aromatic heterocycles. The lowest BCUT2D eigenvalue weighted by Gasteiger charge is -2.21. The standard InChI is InChI=1S/C19H23ClN2O2/c1-3-22(4-2)16-11-9-15(10-12-16)21-19(23)13-14-24-18-8-6-5-7-17(18)20/h5-12H,3-4,13-14H2,1-2H3,(H,21,23). The van der Waals surface area contributed by atoms with Crippen molar-refractivity contribution in [2.24, 2.45) is 0 Å². The van der Waals surface area contributed by atoms with Gasteiger partial charge in [0.1, 0.15) is 5.75 Å². The van der Waals surface area contributed by atoms with Crippen LogP contribution in [0, 0.1) is 0 Å². The van der Waals surface area contributed by atoms with Crippen LogP contribution in [0.15, 0.2) is 48.5 Å². The van der Waals surface area contributed by atoms with E-state index in [9.17, 15) is 4.79 Å². The molecular weight excluding hydrogens is 324 g/mol. The van der Waals surface area contributed by atoms with Crippen LogP contribution in [-0.4, -0.2) is 25.6 Å². The Kier molecular flexibility index (Phi) is 6.94. The molecule has 1 amide bonds. The Balaban J connectivity index is 1.81. The molecule has 2 aromatic carbocycles. The highest BCUT2D eigenvalue weighted by molar-refractivity contribution is 6.32. The number of para-hydroxylation sites is 1. The second kappa shape index (κ2) is 9.18. The number of anilines is 2. The highest BCUT2D eigenvalue weighted by Gasteiger charge is 2.06. The van der Waals surface area contributed by atoms with E-state index < -0.39 is 0 Å². The lowest BCUT2D eigenvalue weighted by atomic mass is 10.2. The van der Waals surface area contributed by atoms with Gasteiger partial charge in [0.05, 0.1) is 18.1 Å². The number of carbonyl (C=O) groups is 1. The summed E-state index contributed by atoms with van der Waals surface area (Å²) in [5.41, 5.74) is 1.94. The zero-order chi connectivity index (χ0) is 17.4. The summed E-state index contributed by atoms with van der Waals surface area (Å²) in [7, 11) is 0. The molecular formula is C19H23ClN2O2. The summed E-state index contributed by atoms with van der Waals surface area (Å²) < 4.78 is 5.53. The Morgan fingerprint density at radius 1 is 1.08 bits per heavy atom. The summed E-state index contributed by atoms with van der Waals surface area (Å²) in [6.45, 7) is 6.45. The number of nitrogens with one attached hydrogen (secondary N) is 1. The molecule has 0 fully saturated rings. The van der Waals surface area contributed by atoms with Crippen LogP contribution < -0.4 is 15.0 Å². The third-order valence-electron chi connectivity index (χ3n) is 3.70. The summed E-state index contributed by atoms with van der Waals surface area (Å²) in [6, 6.07) is 15.1. The maximum atomic E-state index is 12.0. The fraction of sp³-hybridized carbons (Fsp3) is 0.316. The van der Waals surface area contributed by atoms with Gasteiger partial charge in [0.25, 0.3) is 0 Å². The van der Waals surface area contributed by atoms with Gasteiger partial charge in [-0.3, -0.25) is 4.79 Å². The van der Waals surface area contributed by atoms with Crippen molar-refractivity contribution in [2.45, 2.75) is 20.3 Å². The minimum Gasteiger partial charge on any atom is -0.491 e. The van der Waals surface area contributed by atoms with Crippen molar-refractivity contribution in [3.05, 3.63) is 53.6 Å². The van der Waals surface area contributed by atoms with Crippen LogP contribution in [0.25, 0.3) is 0 Å². The molecule has 0 aliphatic heterocycles. The van der Waals surface area contributed by atoms with E-state index in [1.807, 2.05) is 36.4 Å². The molecule has 5 heteroatoms. The van der Waals surface area contributed by atoms with Crippen LogP contribution in [0.5, 0.6) is 5.75 Å². The average molecular weight is 347 g/mol. The molecule has 0 unspecified atom stereocenters. The zero-order valence-electron chi connectivity index (χ0n) is 14.1. The molecule has 4 nitrogen and oxygen atoms in total. The largest absolute Gasteiger partial charge is 0.491 e. The van der Waals surface area contributed by atoms with E-state index in [1.165, 1.54) is 0 Å². The van der Waals surface area contributed by atoms with Crippen LogP contribution in [-0.2, 0) is 4.79 Å². The maximum Gasteiger partial charge on any atom is 0.227 e. The Morgan fingerprint density at radius 3 is 2.38 bits per heavy atom. The maximum absolute atomic E-state index is 12.0. The van der Waals surface area contributed by atoms with Gasteiger partial charge in [-0.2, -0.15) is 0 Å². The van der Waals surface area contributed by atoms with E-state index >= 15 is 0 Å². The van der Waals surface area contributed by atoms with E-state index in [0.717, 1.165) is 24.5 Å². The van der Waals surface area contributed by atoms with Gasteiger partial charge in [0, 0.05) is 24.5 Å². The molecule has 24 heavy (non-hydrogen) atoms. The number of ether oxygens (including phenoxy) is 1. The SMILES string of the molecule is CCN(CC)c1ccc(NC(=O)CCOc2ccccc2Cl)cc1. The van der Waals surface area contributed by atoms with Crippen LogP contribution in [0.2, 0.25) is 5.02 Å². The van der Waals surface area contributed by atoms with Gasteiger partial charge in [0.15, 0.2) is 0 Å². The molecule has 2 rings (SSSR count). The van der Waals surface area contributed by atoms with Crippen molar-refractivity contribution in [2.75, 3.05) is 29.9 Å². The summed E-state index contributed by atoms with van der Waals surface area (Å²) in [4.78, 5) is 14.2. The van der Waals surface area contributed by atoms with Gasteiger partial charge >= 0.3 is 0 Å².